The monoisotopic (exact) mass is 677 g/mol. The Kier molecular flexibility index (Phi) is 9.93. The minimum absolute atomic E-state index is 0.0624. The van der Waals surface area contributed by atoms with E-state index in [0.717, 1.165) is 21.7 Å². The molecule has 11 heteroatoms. The van der Waals surface area contributed by atoms with E-state index in [4.69, 9.17) is 28.9 Å². The lowest BCUT2D eigenvalue weighted by Crippen LogP contribution is -2.46. The van der Waals surface area contributed by atoms with Gasteiger partial charge in [0.1, 0.15) is 39.9 Å². The Balaban J connectivity index is 1.53. The number of hydrogen-bond acceptors (Lipinski definition) is 10. The van der Waals surface area contributed by atoms with E-state index in [1.165, 1.54) is 16.2 Å². The zero-order valence-electron chi connectivity index (χ0n) is 29.4. The van der Waals surface area contributed by atoms with E-state index < -0.39 is 41.1 Å². The molecule has 2 aliphatic rings. The second-order valence-corrected chi connectivity index (χ2v) is 15.0. The normalized spacial score (nSPS) is 23.7. The van der Waals surface area contributed by atoms with Crippen LogP contribution in [-0.4, -0.2) is 70.7 Å². The molecule has 258 valence electrons. The molecule has 5 atom stereocenters. The fourth-order valence-electron chi connectivity index (χ4n) is 6.56. The number of pyridine rings is 1. The number of esters is 1. The summed E-state index contributed by atoms with van der Waals surface area (Å²) in [4.78, 5) is 52.2. The summed E-state index contributed by atoms with van der Waals surface area (Å²) in [6, 6.07) is 4.80. The third-order valence-electron chi connectivity index (χ3n) is 9.32. The number of carbonyl (C=O) groups excluding carboxylic acids is 3. The molecule has 0 bridgehead atoms. The molecule has 5 rings (SSSR count). The number of methoxy groups -OCH3 is 1. The summed E-state index contributed by atoms with van der Waals surface area (Å²) in [6.45, 7) is 19.3. The first kappa shape index (κ1) is 35.3. The van der Waals surface area contributed by atoms with E-state index in [1.54, 1.807) is 40.9 Å². The van der Waals surface area contributed by atoms with Gasteiger partial charge in [0.05, 0.1) is 36.9 Å². The maximum absolute atomic E-state index is 14.2. The van der Waals surface area contributed by atoms with Crippen LogP contribution >= 0.6 is 11.3 Å². The van der Waals surface area contributed by atoms with Crippen molar-refractivity contribution in [1.29, 1.82) is 0 Å². The summed E-state index contributed by atoms with van der Waals surface area (Å²) in [6.07, 6.45) is 0.953. The van der Waals surface area contributed by atoms with Crippen LogP contribution in [0.2, 0.25) is 0 Å². The molecule has 3 aromatic rings. The number of ketones is 1. The number of aryl methyl sites for hydroxylation is 1. The molecule has 1 aliphatic carbocycles. The summed E-state index contributed by atoms with van der Waals surface area (Å²) in [5, 5.41) is 3.58. The van der Waals surface area contributed by atoms with Crippen LogP contribution in [0.15, 0.2) is 36.2 Å². The number of fused-ring (bicyclic) bond motifs is 1. The van der Waals surface area contributed by atoms with Crippen molar-refractivity contribution in [2.75, 3.05) is 20.3 Å². The van der Waals surface area contributed by atoms with Gasteiger partial charge in [-0.25, -0.2) is 14.8 Å². The van der Waals surface area contributed by atoms with Gasteiger partial charge in [-0.15, -0.1) is 17.9 Å². The standard InChI is InChI=1S/C37H47N3O7S/c1-11-23-16-37(23,34(42)45-12-2)17-27(41)32-22(6)30(18-40(32)35(43)47-36(7,8)9)46-29-15-25(33-39-26(19-48-33)20(3)4)38-31-21(5)28(44-10)14-13-24(29)31/h11,13-15,19-20,22-23,30,32H,1,12,16-18H2,2-10H3/t22-,23-,30+,32+,37?/m1/s1. The van der Waals surface area contributed by atoms with Gasteiger partial charge in [-0.05, 0) is 65.0 Å². The summed E-state index contributed by atoms with van der Waals surface area (Å²) in [5.41, 5.74) is 1.46. The Labute approximate surface area is 286 Å². The molecule has 1 aromatic carbocycles. The first-order chi connectivity index (χ1) is 22.6. The number of ether oxygens (including phenoxy) is 4. The number of benzene rings is 1. The van der Waals surface area contributed by atoms with Gasteiger partial charge < -0.3 is 18.9 Å². The van der Waals surface area contributed by atoms with Crippen molar-refractivity contribution >= 4 is 40.1 Å². The number of aromatic nitrogens is 2. The molecule has 2 fully saturated rings. The number of rotatable bonds is 11. The van der Waals surface area contributed by atoms with Crippen molar-refractivity contribution in [3.8, 4) is 22.2 Å². The van der Waals surface area contributed by atoms with Crippen molar-refractivity contribution in [2.45, 2.75) is 91.9 Å². The van der Waals surface area contributed by atoms with Crippen molar-refractivity contribution in [3.63, 3.8) is 0 Å². The van der Waals surface area contributed by atoms with Crippen molar-refractivity contribution in [3.05, 3.63) is 47.5 Å². The van der Waals surface area contributed by atoms with Crippen LogP contribution in [0.4, 0.5) is 4.79 Å². The zero-order valence-corrected chi connectivity index (χ0v) is 30.2. The maximum atomic E-state index is 14.2. The molecule has 0 spiro atoms. The largest absolute Gasteiger partial charge is 0.496 e. The fourth-order valence-corrected chi connectivity index (χ4v) is 7.50. The van der Waals surface area contributed by atoms with E-state index in [9.17, 15) is 14.4 Å². The van der Waals surface area contributed by atoms with Crippen molar-refractivity contribution in [2.24, 2.45) is 17.3 Å². The van der Waals surface area contributed by atoms with Gasteiger partial charge in [-0.2, -0.15) is 0 Å². The highest BCUT2D eigenvalue weighted by Crippen LogP contribution is 2.57. The molecule has 1 aliphatic heterocycles. The van der Waals surface area contributed by atoms with Crippen LogP contribution in [0.3, 0.4) is 0 Å². The minimum Gasteiger partial charge on any atom is -0.496 e. The molecule has 0 N–H and O–H groups in total. The molecule has 48 heavy (non-hydrogen) atoms. The van der Waals surface area contributed by atoms with E-state index in [2.05, 4.69) is 20.4 Å². The summed E-state index contributed by atoms with van der Waals surface area (Å²) in [5.74, 6) is 0.294. The molecular weight excluding hydrogens is 630 g/mol. The predicted molar refractivity (Wildman–Crippen MR) is 186 cm³/mol. The average molecular weight is 678 g/mol. The molecule has 1 unspecified atom stereocenters. The Hall–Kier alpha value is -3.99. The number of allylic oxidation sites excluding steroid dienone is 1. The maximum Gasteiger partial charge on any atom is 0.411 e. The topological polar surface area (TPSA) is 117 Å². The first-order valence-electron chi connectivity index (χ1n) is 16.6. The molecule has 1 saturated heterocycles. The third kappa shape index (κ3) is 6.79. The van der Waals surface area contributed by atoms with Gasteiger partial charge in [0.2, 0.25) is 0 Å². The Morgan fingerprint density at radius 3 is 2.50 bits per heavy atom. The van der Waals surface area contributed by atoms with E-state index in [0.29, 0.717) is 29.1 Å². The smallest absolute Gasteiger partial charge is 0.411 e. The zero-order chi connectivity index (χ0) is 35.1. The van der Waals surface area contributed by atoms with Gasteiger partial charge in [-0.3, -0.25) is 14.5 Å². The van der Waals surface area contributed by atoms with E-state index in [1.807, 2.05) is 37.4 Å². The first-order valence-corrected chi connectivity index (χ1v) is 17.4. The molecule has 0 radical (unpaired) electrons. The average Bonchev–Trinajstić information content (AvgIpc) is 3.33. The third-order valence-corrected chi connectivity index (χ3v) is 10.2. The number of hydrogen-bond donors (Lipinski definition) is 0. The lowest BCUT2D eigenvalue weighted by Gasteiger charge is -2.29. The predicted octanol–water partition coefficient (Wildman–Crippen LogP) is 7.52. The second kappa shape index (κ2) is 13.5. The van der Waals surface area contributed by atoms with E-state index >= 15 is 0 Å². The number of Topliss-reactive ketones (excluding diaryl/α,β-unsaturated/α-hetero) is 1. The van der Waals surface area contributed by atoms with Crippen molar-refractivity contribution in [1.82, 2.24) is 14.9 Å². The Bertz CT molecular complexity index is 1730. The highest BCUT2D eigenvalue weighted by atomic mass is 32.1. The SMILES string of the molecule is C=C[C@@H]1CC1(CC(=O)[C@@H]1[C@H](C)[C@@H](Oc2cc(-c3nc(C(C)C)cs3)nc3c(C)c(OC)ccc23)CN1C(=O)OC(C)(C)C)C(=O)OCC. The van der Waals surface area contributed by atoms with Gasteiger partial charge in [0, 0.05) is 34.7 Å². The highest BCUT2D eigenvalue weighted by molar-refractivity contribution is 7.13. The Morgan fingerprint density at radius 1 is 1.19 bits per heavy atom. The summed E-state index contributed by atoms with van der Waals surface area (Å²) >= 11 is 1.52. The Morgan fingerprint density at radius 2 is 1.92 bits per heavy atom. The minimum atomic E-state index is -0.970. The van der Waals surface area contributed by atoms with Crippen LogP contribution in [0.1, 0.15) is 78.5 Å². The summed E-state index contributed by atoms with van der Waals surface area (Å²) < 4.78 is 23.6. The van der Waals surface area contributed by atoms with Gasteiger partial charge >= 0.3 is 12.1 Å². The molecule has 1 saturated carbocycles. The number of likely N-dealkylation sites (tertiary alicyclic amines) is 1. The van der Waals surface area contributed by atoms with Gasteiger partial charge in [0.15, 0.2) is 5.78 Å². The fraction of sp³-hybridized carbons (Fsp3) is 0.541. The number of thiazole rings is 1. The lowest BCUT2D eigenvalue weighted by atomic mass is 9.88. The van der Waals surface area contributed by atoms with Gasteiger partial charge in [-0.1, -0.05) is 26.8 Å². The van der Waals surface area contributed by atoms with Crippen LogP contribution in [0.25, 0.3) is 21.6 Å². The van der Waals surface area contributed by atoms with Gasteiger partial charge in [0.25, 0.3) is 0 Å². The molecule has 3 heterocycles. The van der Waals surface area contributed by atoms with Crippen LogP contribution < -0.4 is 9.47 Å². The van der Waals surface area contributed by atoms with Crippen molar-refractivity contribution < 1.29 is 33.3 Å². The molecular formula is C37H47N3O7S. The molecule has 2 aromatic heterocycles. The summed E-state index contributed by atoms with van der Waals surface area (Å²) in [7, 11) is 1.62. The van der Waals surface area contributed by atoms with Crippen LogP contribution in [0, 0.1) is 24.2 Å². The molecule has 1 amide bonds. The van der Waals surface area contributed by atoms with Crippen LogP contribution in [0.5, 0.6) is 11.5 Å². The quantitative estimate of drug-likeness (QED) is 0.150. The van der Waals surface area contributed by atoms with E-state index in [-0.39, 0.29) is 37.2 Å². The molecule has 10 nitrogen and oxygen atoms in total. The highest BCUT2D eigenvalue weighted by Gasteiger charge is 2.62. The lowest BCUT2D eigenvalue weighted by molar-refractivity contribution is -0.152. The number of amides is 1. The number of nitrogens with zero attached hydrogens (tertiary/aromatic N) is 3. The number of carbonyl (C=O) groups is 3. The van der Waals surface area contributed by atoms with Crippen LogP contribution in [-0.2, 0) is 19.1 Å². The second-order valence-electron chi connectivity index (χ2n) is 14.2.